The van der Waals surface area contributed by atoms with Gasteiger partial charge in [0, 0.05) is 43.0 Å². The van der Waals surface area contributed by atoms with Gasteiger partial charge in [0.2, 0.25) is 10.9 Å². The zero-order valence-corrected chi connectivity index (χ0v) is 22.0. The van der Waals surface area contributed by atoms with Crippen molar-refractivity contribution in [1.82, 2.24) is 24.2 Å². The van der Waals surface area contributed by atoms with Crippen molar-refractivity contribution in [3.05, 3.63) is 54.4 Å². The first-order valence-corrected chi connectivity index (χ1v) is 14.0. The number of nitrogens with one attached hydrogen (secondary N) is 1. The van der Waals surface area contributed by atoms with Gasteiger partial charge in [0.1, 0.15) is 41.3 Å². The number of nitriles is 1. The molecule has 6 rings (SSSR count). The monoisotopic (exact) mass is 545 g/mol. The summed E-state index contributed by atoms with van der Waals surface area (Å²) >= 11 is 0. The molecule has 0 unspecified atom stereocenters. The summed E-state index contributed by atoms with van der Waals surface area (Å²) in [5, 5.41) is 9.83. The van der Waals surface area contributed by atoms with Crippen LogP contribution in [0.1, 0.15) is 18.4 Å². The first-order chi connectivity index (χ1) is 19.1. The quantitative estimate of drug-likeness (QED) is 0.350. The largest absolute Gasteiger partial charge is 0.489 e. The third-order valence-electron chi connectivity index (χ3n) is 7.12. The van der Waals surface area contributed by atoms with Crippen LogP contribution in [0.5, 0.6) is 5.75 Å². The normalized spacial score (nSPS) is 17.0. The molecule has 2 aromatic heterocycles. The predicted octanol–water partition coefficient (Wildman–Crippen LogP) is 2.76. The Bertz CT molecular complexity index is 1590. The van der Waals surface area contributed by atoms with Gasteiger partial charge in [-0.15, -0.1) is 0 Å². The fourth-order valence-electron chi connectivity index (χ4n) is 5.00. The lowest BCUT2D eigenvalue weighted by Crippen LogP contribution is -2.37. The predicted molar refractivity (Wildman–Crippen MR) is 146 cm³/mol. The van der Waals surface area contributed by atoms with Crippen molar-refractivity contribution >= 4 is 27.7 Å². The van der Waals surface area contributed by atoms with Crippen molar-refractivity contribution in [2.45, 2.75) is 18.9 Å². The van der Waals surface area contributed by atoms with Crippen LogP contribution in [0.15, 0.2) is 48.8 Å². The summed E-state index contributed by atoms with van der Waals surface area (Å²) < 4.78 is 35.3. The van der Waals surface area contributed by atoms with Gasteiger partial charge < -0.3 is 19.4 Å². The highest BCUT2D eigenvalue weighted by Crippen LogP contribution is 2.32. The number of aromatic amines is 1. The Morgan fingerprint density at radius 3 is 2.46 bits per heavy atom. The molecule has 0 atom stereocenters. The van der Waals surface area contributed by atoms with Crippen molar-refractivity contribution in [3.63, 3.8) is 0 Å². The van der Waals surface area contributed by atoms with E-state index in [2.05, 4.69) is 38.1 Å². The number of benzene rings is 2. The number of anilines is 1. The van der Waals surface area contributed by atoms with E-state index in [-0.39, 0.29) is 6.10 Å². The van der Waals surface area contributed by atoms with Crippen LogP contribution in [0.2, 0.25) is 0 Å². The first-order valence-electron chi connectivity index (χ1n) is 12.8. The van der Waals surface area contributed by atoms with E-state index < -0.39 is 10.9 Å². The van der Waals surface area contributed by atoms with Gasteiger partial charge in [-0.25, -0.2) is 27.7 Å². The standard InChI is InChI=1S/C27H27N7O4S/c28-16-20-15-19(3-6-23(20)38-22-7-9-34(10-8-22)39(35)36)24-25-27(30-17-29-24)32-26(31-25)18-1-4-21(5-2-18)33-11-13-37-14-12-33/h1-6,15,17,22,39H,7-14H2,(H,29,30,31,32). The molecule has 2 aliphatic heterocycles. The highest BCUT2D eigenvalue weighted by molar-refractivity contribution is 7.69. The number of morpholine rings is 1. The third kappa shape index (κ3) is 5.29. The van der Waals surface area contributed by atoms with Gasteiger partial charge in [0.25, 0.3) is 0 Å². The minimum absolute atomic E-state index is 0.150. The molecule has 11 nitrogen and oxygen atoms in total. The zero-order chi connectivity index (χ0) is 26.8. The Kier molecular flexibility index (Phi) is 7.10. The summed E-state index contributed by atoms with van der Waals surface area (Å²) in [6, 6.07) is 15.8. The van der Waals surface area contributed by atoms with E-state index in [9.17, 15) is 13.7 Å². The molecule has 2 aliphatic rings. The summed E-state index contributed by atoms with van der Waals surface area (Å²) in [5.41, 5.74) is 5.02. The molecule has 4 aromatic rings. The van der Waals surface area contributed by atoms with Crippen LogP contribution in [-0.2, 0) is 15.6 Å². The fourth-order valence-corrected chi connectivity index (χ4v) is 5.56. The maximum atomic E-state index is 11.2. The maximum Gasteiger partial charge on any atom is 0.203 e. The molecular weight excluding hydrogens is 518 g/mol. The maximum absolute atomic E-state index is 11.2. The first kappa shape index (κ1) is 25.2. The Morgan fingerprint density at radius 2 is 1.74 bits per heavy atom. The summed E-state index contributed by atoms with van der Waals surface area (Å²) in [6.45, 7) is 4.05. The molecule has 2 saturated heterocycles. The number of piperidine rings is 1. The summed E-state index contributed by atoms with van der Waals surface area (Å²) in [5.74, 6) is 1.16. The average Bonchev–Trinajstić information content (AvgIpc) is 3.43. The number of aromatic nitrogens is 4. The molecule has 39 heavy (non-hydrogen) atoms. The SMILES string of the molecule is N#Cc1cc(-c2ncnc3[nH]c(-c4ccc(N5CCOCC5)cc4)nc23)ccc1OC1CCN([SH](=O)=O)CC1. The molecular formula is C27H27N7O4S. The Hall–Kier alpha value is -4.05. The van der Waals surface area contributed by atoms with Crippen LogP contribution in [0.25, 0.3) is 33.8 Å². The second kappa shape index (κ2) is 11.0. The Balaban J connectivity index is 1.24. The fraction of sp³-hybridized carbons (Fsp3) is 0.333. The van der Waals surface area contributed by atoms with Gasteiger partial charge in [-0.2, -0.15) is 5.26 Å². The molecule has 0 amide bonds. The summed E-state index contributed by atoms with van der Waals surface area (Å²) in [6.07, 6.45) is 2.48. The lowest BCUT2D eigenvalue weighted by atomic mass is 10.1. The number of hydrogen-bond donors (Lipinski definition) is 2. The van der Waals surface area contributed by atoms with Crippen LogP contribution in [0.3, 0.4) is 0 Å². The van der Waals surface area contributed by atoms with Crippen LogP contribution in [0, 0.1) is 11.3 Å². The number of imidazole rings is 1. The summed E-state index contributed by atoms with van der Waals surface area (Å²) in [7, 11) is -2.57. The van der Waals surface area contributed by atoms with E-state index in [1.807, 2.05) is 18.2 Å². The molecule has 0 aliphatic carbocycles. The number of hydrogen-bond acceptors (Lipinski definition) is 9. The minimum Gasteiger partial charge on any atom is -0.489 e. The number of nitrogens with zero attached hydrogens (tertiary/aromatic N) is 6. The second-order valence-corrected chi connectivity index (χ2v) is 10.5. The van der Waals surface area contributed by atoms with E-state index in [1.165, 1.54) is 10.6 Å². The van der Waals surface area contributed by atoms with E-state index in [0.717, 1.165) is 43.1 Å². The number of H-pyrrole nitrogens is 1. The van der Waals surface area contributed by atoms with Crippen molar-refractivity contribution < 1.29 is 17.9 Å². The number of ether oxygens (including phenoxy) is 2. The van der Waals surface area contributed by atoms with Crippen LogP contribution < -0.4 is 9.64 Å². The van der Waals surface area contributed by atoms with Gasteiger partial charge in [0.05, 0.1) is 18.8 Å². The molecule has 0 bridgehead atoms. The van der Waals surface area contributed by atoms with Gasteiger partial charge in [0.15, 0.2) is 5.65 Å². The van der Waals surface area contributed by atoms with E-state index in [0.29, 0.717) is 59.9 Å². The molecule has 2 aromatic carbocycles. The summed E-state index contributed by atoms with van der Waals surface area (Å²) in [4.78, 5) is 19.3. The van der Waals surface area contributed by atoms with Crippen LogP contribution >= 0.6 is 0 Å². The molecule has 0 spiro atoms. The number of thiol groups is 1. The van der Waals surface area contributed by atoms with E-state index in [4.69, 9.17) is 14.5 Å². The number of fused-ring (bicyclic) bond motifs is 1. The van der Waals surface area contributed by atoms with E-state index in [1.54, 1.807) is 12.1 Å². The molecule has 0 saturated carbocycles. The molecule has 4 heterocycles. The minimum atomic E-state index is -2.57. The zero-order valence-electron chi connectivity index (χ0n) is 21.1. The molecule has 0 radical (unpaired) electrons. The Morgan fingerprint density at radius 1 is 1.00 bits per heavy atom. The van der Waals surface area contributed by atoms with Gasteiger partial charge >= 0.3 is 0 Å². The highest BCUT2D eigenvalue weighted by Gasteiger charge is 2.23. The highest BCUT2D eigenvalue weighted by atomic mass is 32.2. The lowest BCUT2D eigenvalue weighted by molar-refractivity contribution is 0.122. The molecule has 1 N–H and O–H groups in total. The molecule has 200 valence electrons. The Labute approximate surface area is 227 Å². The smallest absolute Gasteiger partial charge is 0.203 e. The number of rotatable bonds is 6. The third-order valence-corrected chi connectivity index (χ3v) is 7.98. The van der Waals surface area contributed by atoms with Crippen LogP contribution in [0.4, 0.5) is 5.69 Å². The van der Waals surface area contributed by atoms with E-state index >= 15 is 0 Å². The molecule has 12 heteroatoms. The molecule has 2 fully saturated rings. The van der Waals surface area contributed by atoms with Gasteiger partial charge in [-0.05, 0) is 55.3 Å². The van der Waals surface area contributed by atoms with Crippen molar-refractivity contribution in [1.29, 1.82) is 5.26 Å². The van der Waals surface area contributed by atoms with Crippen molar-refractivity contribution in [2.24, 2.45) is 0 Å². The van der Waals surface area contributed by atoms with Crippen LogP contribution in [-0.4, -0.2) is 78.2 Å². The van der Waals surface area contributed by atoms with Gasteiger partial charge in [-0.3, -0.25) is 0 Å². The van der Waals surface area contributed by atoms with Crippen molar-refractivity contribution in [2.75, 3.05) is 44.3 Å². The lowest BCUT2D eigenvalue weighted by Gasteiger charge is -2.28. The topological polar surface area (TPSA) is 137 Å². The average molecular weight is 546 g/mol. The van der Waals surface area contributed by atoms with Crippen molar-refractivity contribution in [3.8, 4) is 34.5 Å². The van der Waals surface area contributed by atoms with Gasteiger partial charge in [-0.1, -0.05) is 0 Å². The second-order valence-electron chi connectivity index (χ2n) is 9.48.